The first kappa shape index (κ1) is 12.7. The van der Waals surface area contributed by atoms with Crippen molar-refractivity contribution in [2.24, 2.45) is 0 Å². The predicted molar refractivity (Wildman–Crippen MR) is 64.5 cm³/mol. The number of halogens is 2. The van der Waals surface area contributed by atoms with E-state index in [1.54, 1.807) is 0 Å². The van der Waals surface area contributed by atoms with Gasteiger partial charge in [0.25, 0.3) is 5.69 Å². The fraction of sp³-hybridized carbons (Fsp3) is 0.100. The van der Waals surface area contributed by atoms with Gasteiger partial charge in [-0.05, 0) is 6.07 Å². The molecule has 8 heteroatoms. The molecule has 0 unspecified atom stereocenters. The van der Waals surface area contributed by atoms with Crippen molar-refractivity contribution in [3.05, 3.63) is 49.7 Å². The van der Waals surface area contributed by atoms with E-state index < -0.39 is 10.7 Å². The molecule has 1 heterocycles. The minimum absolute atomic E-state index is 0.0508. The molecule has 0 aliphatic heterocycles. The van der Waals surface area contributed by atoms with Crippen LogP contribution in [0, 0.1) is 15.9 Å². The van der Waals surface area contributed by atoms with E-state index in [9.17, 15) is 14.5 Å². The summed E-state index contributed by atoms with van der Waals surface area (Å²) in [4.78, 5) is 14.3. The van der Waals surface area contributed by atoms with E-state index in [-0.39, 0.29) is 18.0 Å². The Bertz CT molecular complexity index is 590. The van der Waals surface area contributed by atoms with E-state index >= 15 is 0 Å². The summed E-state index contributed by atoms with van der Waals surface area (Å²) < 4.78 is 19.0. The van der Waals surface area contributed by atoms with Crippen LogP contribution in [0.4, 0.5) is 10.1 Å². The van der Waals surface area contributed by atoms with Gasteiger partial charge in [0, 0.05) is 12.3 Å². The maximum Gasteiger partial charge on any atom is 0.272 e. The second-order valence-corrected chi connectivity index (χ2v) is 4.94. The van der Waals surface area contributed by atoms with Crippen LogP contribution in [0.5, 0.6) is 5.75 Å². The van der Waals surface area contributed by atoms with Crippen LogP contribution < -0.4 is 4.74 Å². The average molecular weight is 289 g/mol. The molecule has 0 radical (unpaired) electrons. The average Bonchev–Trinajstić information content (AvgIpc) is 2.73. The van der Waals surface area contributed by atoms with Crippen molar-refractivity contribution < 1.29 is 14.1 Å². The van der Waals surface area contributed by atoms with E-state index in [0.717, 1.165) is 10.9 Å². The third-order valence-corrected chi connectivity index (χ3v) is 3.11. The third kappa shape index (κ3) is 2.93. The first-order valence-corrected chi connectivity index (χ1v) is 5.92. The number of hydrogen-bond donors (Lipinski definition) is 0. The molecular formula is C10H6ClFN2O3S. The molecule has 18 heavy (non-hydrogen) atoms. The van der Waals surface area contributed by atoms with Crippen molar-refractivity contribution in [1.29, 1.82) is 0 Å². The summed E-state index contributed by atoms with van der Waals surface area (Å²) in [6, 6.07) is 3.21. The number of aromatic nitrogens is 1. The van der Waals surface area contributed by atoms with Crippen LogP contribution in [0.1, 0.15) is 4.88 Å². The van der Waals surface area contributed by atoms with Crippen molar-refractivity contribution in [3.63, 3.8) is 0 Å². The van der Waals surface area contributed by atoms with Crippen LogP contribution in [0.25, 0.3) is 0 Å². The van der Waals surface area contributed by atoms with E-state index in [0.29, 0.717) is 4.47 Å². The Hall–Kier alpha value is -1.73. The van der Waals surface area contributed by atoms with Gasteiger partial charge in [-0.2, -0.15) is 0 Å². The predicted octanol–water partition coefficient (Wildman–Crippen LogP) is 3.42. The van der Waals surface area contributed by atoms with Gasteiger partial charge in [0.15, 0.2) is 16.0 Å². The number of thiazole rings is 1. The highest BCUT2D eigenvalue weighted by Gasteiger charge is 2.12. The SMILES string of the molecule is O=[N+]([O-])c1ccc(OCc2cnc(Cl)s2)c(F)c1. The fourth-order valence-electron chi connectivity index (χ4n) is 1.22. The lowest BCUT2D eigenvalue weighted by molar-refractivity contribution is -0.385. The van der Waals surface area contributed by atoms with Crippen LogP contribution in [-0.2, 0) is 6.61 Å². The molecule has 1 aromatic carbocycles. The lowest BCUT2D eigenvalue weighted by Crippen LogP contribution is -1.96. The molecule has 5 nitrogen and oxygen atoms in total. The van der Waals surface area contributed by atoms with Crippen molar-refractivity contribution in [3.8, 4) is 5.75 Å². The van der Waals surface area contributed by atoms with Gasteiger partial charge in [-0.3, -0.25) is 10.1 Å². The minimum atomic E-state index is -0.778. The van der Waals surface area contributed by atoms with Gasteiger partial charge in [-0.25, -0.2) is 9.37 Å². The zero-order valence-corrected chi connectivity index (χ0v) is 10.4. The Morgan fingerprint density at radius 1 is 1.56 bits per heavy atom. The molecule has 2 aromatic rings. The molecule has 0 amide bonds. The molecule has 0 saturated carbocycles. The standard InChI is InChI=1S/C10H6ClFN2O3S/c11-10-13-4-7(18-10)5-17-9-2-1-6(14(15)16)3-8(9)12/h1-4H,5H2. The lowest BCUT2D eigenvalue weighted by Gasteiger charge is -2.04. The number of benzene rings is 1. The summed E-state index contributed by atoms with van der Waals surface area (Å²) in [6.45, 7) is 0.110. The molecule has 2 rings (SSSR count). The first-order chi connectivity index (χ1) is 8.56. The summed E-state index contributed by atoms with van der Waals surface area (Å²) in [6.07, 6.45) is 1.52. The van der Waals surface area contributed by atoms with Crippen LogP contribution in [0.3, 0.4) is 0 Å². The number of ether oxygens (including phenoxy) is 1. The van der Waals surface area contributed by atoms with Gasteiger partial charge in [0.1, 0.15) is 6.61 Å². The highest BCUT2D eigenvalue weighted by atomic mass is 35.5. The maximum atomic E-state index is 13.5. The molecular weight excluding hydrogens is 283 g/mol. The Morgan fingerprint density at radius 2 is 2.33 bits per heavy atom. The summed E-state index contributed by atoms with van der Waals surface area (Å²) in [7, 11) is 0. The highest BCUT2D eigenvalue weighted by molar-refractivity contribution is 7.15. The van der Waals surface area contributed by atoms with Crippen LogP contribution in [0.15, 0.2) is 24.4 Å². The number of nitro benzene ring substituents is 1. The first-order valence-electron chi connectivity index (χ1n) is 4.73. The van der Waals surface area contributed by atoms with Crippen LogP contribution in [-0.4, -0.2) is 9.91 Å². The number of nitro groups is 1. The molecule has 0 N–H and O–H groups in total. The lowest BCUT2D eigenvalue weighted by atomic mass is 10.3. The van der Waals surface area contributed by atoms with Crippen molar-refractivity contribution in [2.45, 2.75) is 6.61 Å². The fourth-order valence-corrected chi connectivity index (χ4v) is 2.11. The second kappa shape index (κ2) is 5.28. The number of rotatable bonds is 4. The molecule has 1 aromatic heterocycles. The Balaban J connectivity index is 2.08. The van der Waals surface area contributed by atoms with E-state index in [1.165, 1.54) is 29.7 Å². The Kier molecular flexibility index (Phi) is 3.73. The molecule has 0 aliphatic rings. The molecule has 94 valence electrons. The van der Waals surface area contributed by atoms with E-state index in [1.807, 2.05) is 0 Å². The van der Waals surface area contributed by atoms with Crippen molar-refractivity contribution >= 4 is 28.6 Å². The van der Waals surface area contributed by atoms with Gasteiger partial charge in [-0.15, -0.1) is 11.3 Å². The van der Waals surface area contributed by atoms with Crippen LogP contribution >= 0.6 is 22.9 Å². The number of non-ortho nitro benzene ring substituents is 1. The third-order valence-electron chi connectivity index (χ3n) is 2.02. The number of hydrogen-bond acceptors (Lipinski definition) is 5. The maximum absolute atomic E-state index is 13.5. The summed E-state index contributed by atoms with van der Waals surface area (Å²) in [5.41, 5.74) is -0.319. The summed E-state index contributed by atoms with van der Waals surface area (Å²) in [5, 5.41) is 10.4. The van der Waals surface area contributed by atoms with Gasteiger partial charge >= 0.3 is 0 Å². The zero-order valence-electron chi connectivity index (χ0n) is 8.80. The van der Waals surface area contributed by atoms with Crippen LogP contribution in [0.2, 0.25) is 4.47 Å². The molecule has 0 bridgehead atoms. The Labute approximate surface area is 110 Å². The summed E-state index contributed by atoms with van der Waals surface area (Å²) >= 11 is 6.85. The second-order valence-electron chi connectivity index (χ2n) is 3.24. The topological polar surface area (TPSA) is 65.3 Å². The molecule has 0 atom stereocenters. The number of nitrogens with zero attached hydrogens (tertiary/aromatic N) is 2. The van der Waals surface area contributed by atoms with Gasteiger partial charge < -0.3 is 4.74 Å². The van der Waals surface area contributed by atoms with E-state index in [4.69, 9.17) is 16.3 Å². The highest BCUT2D eigenvalue weighted by Crippen LogP contribution is 2.24. The van der Waals surface area contributed by atoms with Gasteiger partial charge in [-0.1, -0.05) is 11.6 Å². The van der Waals surface area contributed by atoms with Gasteiger partial charge in [0.2, 0.25) is 0 Å². The molecule has 0 fully saturated rings. The quantitative estimate of drug-likeness (QED) is 0.638. The Morgan fingerprint density at radius 3 is 2.89 bits per heavy atom. The van der Waals surface area contributed by atoms with Gasteiger partial charge in [0.05, 0.1) is 15.9 Å². The monoisotopic (exact) mass is 288 g/mol. The summed E-state index contributed by atoms with van der Waals surface area (Å²) in [5.74, 6) is -0.829. The van der Waals surface area contributed by atoms with Crippen molar-refractivity contribution in [2.75, 3.05) is 0 Å². The normalized spacial score (nSPS) is 10.3. The van der Waals surface area contributed by atoms with Crippen molar-refractivity contribution in [1.82, 2.24) is 4.98 Å². The molecule has 0 aliphatic carbocycles. The molecule has 0 saturated heterocycles. The largest absolute Gasteiger partial charge is 0.485 e. The van der Waals surface area contributed by atoms with E-state index in [2.05, 4.69) is 4.98 Å². The molecule has 0 spiro atoms. The minimum Gasteiger partial charge on any atom is -0.485 e. The smallest absolute Gasteiger partial charge is 0.272 e. The zero-order chi connectivity index (χ0) is 13.1.